The van der Waals surface area contributed by atoms with Crippen LogP contribution in [0.2, 0.25) is 5.02 Å². The third-order valence-corrected chi connectivity index (χ3v) is 2.39. The molecule has 0 saturated carbocycles. The minimum absolute atomic E-state index is 0.138. The first-order chi connectivity index (χ1) is 5.70. The number of hydrogen-bond acceptors (Lipinski definition) is 3. The maximum absolute atomic E-state index is 5.78. The second-order valence-electron chi connectivity index (χ2n) is 1.87. The first-order valence-electron chi connectivity index (χ1n) is 3.01. The molecule has 0 unspecified atom stereocenters. The minimum Gasteiger partial charge on any atom is -0.375 e. The predicted octanol–water partition coefficient (Wildman–Crippen LogP) is 1.57. The molecule has 1 aromatic heterocycles. The summed E-state index contributed by atoms with van der Waals surface area (Å²) in [7, 11) is 0. The molecule has 0 atom stereocenters. The molecule has 1 aromatic rings. The number of halogens is 1. The predicted molar refractivity (Wildman–Crippen MR) is 56.8 cm³/mol. The maximum atomic E-state index is 5.78. The van der Waals surface area contributed by atoms with Gasteiger partial charge in [-0.3, -0.25) is 5.43 Å². The van der Waals surface area contributed by atoms with Crippen LogP contribution in [-0.2, 0) is 0 Å². The van der Waals surface area contributed by atoms with Crippen molar-refractivity contribution in [3.05, 3.63) is 21.3 Å². The number of nitrogens with zero attached hydrogens (tertiary/aromatic N) is 1. The molecule has 0 amide bonds. The van der Waals surface area contributed by atoms with Gasteiger partial charge in [0.1, 0.15) is 0 Å². The number of thiophene rings is 1. The molecule has 0 aromatic carbocycles. The summed E-state index contributed by atoms with van der Waals surface area (Å²) in [6.45, 7) is 0. The Kier molecular flexibility index (Phi) is 3.46. The zero-order valence-electron chi connectivity index (χ0n) is 5.95. The number of nitrogens with one attached hydrogen (secondary N) is 1. The van der Waals surface area contributed by atoms with E-state index >= 15 is 0 Å². The highest BCUT2D eigenvalue weighted by Gasteiger charge is 1.96. The van der Waals surface area contributed by atoms with E-state index in [4.69, 9.17) is 17.3 Å². The Labute approximate surface area is 84.2 Å². The molecule has 0 radical (unpaired) electrons. The fourth-order valence-electron chi connectivity index (χ4n) is 0.552. The summed E-state index contributed by atoms with van der Waals surface area (Å²) in [6.07, 6.45) is 1.58. The van der Waals surface area contributed by atoms with Gasteiger partial charge in [0.05, 0.1) is 16.1 Å². The van der Waals surface area contributed by atoms with Gasteiger partial charge in [-0.25, -0.2) is 0 Å². The van der Waals surface area contributed by atoms with E-state index in [2.05, 4.69) is 22.7 Å². The van der Waals surface area contributed by atoms with Crippen molar-refractivity contribution in [1.29, 1.82) is 0 Å². The Bertz CT molecular complexity index is 307. The highest BCUT2D eigenvalue weighted by Crippen LogP contribution is 2.19. The lowest BCUT2D eigenvalue weighted by atomic mass is 10.5. The van der Waals surface area contributed by atoms with Crippen LogP contribution in [0.1, 0.15) is 4.88 Å². The Hall–Kier alpha value is -0.650. The third kappa shape index (κ3) is 2.77. The molecule has 0 aliphatic heterocycles. The molecule has 64 valence electrons. The average molecular weight is 220 g/mol. The number of thiocarbonyl (C=S) groups is 1. The number of rotatable bonds is 2. The van der Waals surface area contributed by atoms with Gasteiger partial charge in [0, 0.05) is 0 Å². The van der Waals surface area contributed by atoms with Crippen LogP contribution in [0.25, 0.3) is 0 Å². The molecule has 12 heavy (non-hydrogen) atoms. The lowest BCUT2D eigenvalue weighted by Crippen LogP contribution is -2.23. The number of hydrogen-bond donors (Lipinski definition) is 2. The summed E-state index contributed by atoms with van der Waals surface area (Å²) in [4.78, 5) is 0.875. The normalized spacial score (nSPS) is 10.4. The summed E-state index contributed by atoms with van der Waals surface area (Å²) in [6, 6.07) is 1.80. The van der Waals surface area contributed by atoms with Crippen LogP contribution in [0.4, 0.5) is 0 Å². The molecule has 3 nitrogen and oxygen atoms in total. The minimum atomic E-state index is 0.138. The second kappa shape index (κ2) is 4.39. The Morgan fingerprint density at radius 1 is 1.83 bits per heavy atom. The van der Waals surface area contributed by atoms with Crippen molar-refractivity contribution in [2.75, 3.05) is 0 Å². The fourth-order valence-corrected chi connectivity index (χ4v) is 1.57. The molecular weight excluding hydrogens is 214 g/mol. The first kappa shape index (κ1) is 9.44. The van der Waals surface area contributed by atoms with E-state index in [0.717, 1.165) is 4.88 Å². The maximum Gasteiger partial charge on any atom is 0.184 e. The molecule has 1 rings (SSSR count). The van der Waals surface area contributed by atoms with E-state index in [9.17, 15) is 0 Å². The SMILES string of the molecule is NC(=S)N/N=C/c1sccc1Cl. The van der Waals surface area contributed by atoms with E-state index in [1.807, 2.05) is 5.38 Å². The van der Waals surface area contributed by atoms with Gasteiger partial charge >= 0.3 is 0 Å². The van der Waals surface area contributed by atoms with Crippen molar-refractivity contribution < 1.29 is 0 Å². The summed E-state index contributed by atoms with van der Waals surface area (Å²) >= 11 is 11.8. The van der Waals surface area contributed by atoms with Crippen LogP contribution in [0, 0.1) is 0 Å². The van der Waals surface area contributed by atoms with Gasteiger partial charge in [-0.1, -0.05) is 11.6 Å². The van der Waals surface area contributed by atoms with Crippen LogP contribution in [0.15, 0.2) is 16.5 Å². The summed E-state index contributed by atoms with van der Waals surface area (Å²) in [5.41, 5.74) is 7.58. The van der Waals surface area contributed by atoms with Gasteiger partial charge in [-0.05, 0) is 23.7 Å². The van der Waals surface area contributed by atoms with Crippen LogP contribution < -0.4 is 11.2 Å². The lowest BCUT2D eigenvalue weighted by Gasteiger charge is -1.92. The monoisotopic (exact) mass is 219 g/mol. The van der Waals surface area contributed by atoms with Gasteiger partial charge < -0.3 is 5.73 Å². The lowest BCUT2D eigenvalue weighted by molar-refractivity contribution is 1.04. The first-order valence-corrected chi connectivity index (χ1v) is 4.68. The molecule has 0 fully saturated rings. The molecule has 1 heterocycles. The van der Waals surface area contributed by atoms with Crippen molar-refractivity contribution in [1.82, 2.24) is 5.43 Å². The van der Waals surface area contributed by atoms with Crippen molar-refractivity contribution in [2.24, 2.45) is 10.8 Å². The van der Waals surface area contributed by atoms with E-state index in [-0.39, 0.29) is 5.11 Å². The molecule has 0 aliphatic carbocycles. The van der Waals surface area contributed by atoms with Crippen LogP contribution in [0.3, 0.4) is 0 Å². The van der Waals surface area contributed by atoms with Gasteiger partial charge in [0.25, 0.3) is 0 Å². The highest BCUT2D eigenvalue weighted by molar-refractivity contribution is 7.80. The quantitative estimate of drug-likeness (QED) is 0.451. The van der Waals surface area contributed by atoms with E-state index in [1.54, 1.807) is 12.3 Å². The van der Waals surface area contributed by atoms with Crippen molar-refractivity contribution in [3.8, 4) is 0 Å². The second-order valence-corrected chi connectivity index (χ2v) is 3.66. The zero-order chi connectivity index (χ0) is 8.97. The van der Waals surface area contributed by atoms with Gasteiger partial charge in [0.15, 0.2) is 5.11 Å². The van der Waals surface area contributed by atoms with Gasteiger partial charge in [0.2, 0.25) is 0 Å². The smallest absolute Gasteiger partial charge is 0.184 e. The van der Waals surface area contributed by atoms with Crippen molar-refractivity contribution in [2.45, 2.75) is 0 Å². The molecule has 3 N–H and O–H groups in total. The molecule has 0 aliphatic rings. The fraction of sp³-hybridized carbons (Fsp3) is 0. The van der Waals surface area contributed by atoms with E-state index in [1.165, 1.54) is 11.3 Å². The molecule has 6 heteroatoms. The summed E-state index contributed by atoms with van der Waals surface area (Å²) in [5.74, 6) is 0. The molecule has 0 saturated heterocycles. The zero-order valence-corrected chi connectivity index (χ0v) is 8.34. The van der Waals surface area contributed by atoms with Crippen LogP contribution >= 0.6 is 35.2 Å². The van der Waals surface area contributed by atoms with Gasteiger partial charge in [-0.15, -0.1) is 11.3 Å². The Morgan fingerprint density at radius 3 is 3.08 bits per heavy atom. The number of hydrazone groups is 1. The average Bonchev–Trinajstić information content (AvgIpc) is 2.36. The molecule has 0 bridgehead atoms. The Morgan fingerprint density at radius 2 is 2.58 bits per heavy atom. The van der Waals surface area contributed by atoms with Crippen molar-refractivity contribution in [3.63, 3.8) is 0 Å². The van der Waals surface area contributed by atoms with Crippen molar-refractivity contribution >= 4 is 46.5 Å². The molecular formula is C6H6ClN3S2. The highest BCUT2D eigenvalue weighted by atomic mass is 35.5. The molecule has 0 spiro atoms. The van der Waals surface area contributed by atoms with Crippen LogP contribution in [-0.4, -0.2) is 11.3 Å². The largest absolute Gasteiger partial charge is 0.375 e. The topological polar surface area (TPSA) is 50.4 Å². The summed E-state index contributed by atoms with van der Waals surface area (Å²) in [5, 5.41) is 6.45. The standard InChI is InChI=1S/C6H6ClN3S2/c7-4-1-2-12-5(4)3-9-10-6(8)11/h1-3H,(H3,8,10,11)/b9-3+. The Balaban J connectivity index is 2.57. The van der Waals surface area contributed by atoms with E-state index < -0.39 is 0 Å². The van der Waals surface area contributed by atoms with Crippen LogP contribution in [0.5, 0.6) is 0 Å². The summed E-state index contributed by atoms with van der Waals surface area (Å²) < 4.78 is 0. The number of nitrogens with two attached hydrogens (primary N) is 1. The third-order valence-electron chi connectivity index (χ3n) is 1.00. The van der Waals surface area contributed by atoms with Gasteiger partial charge in [-0.2, -0.15) is 5.10 Å². The van der Waals surface area contributed by atoms with E-state index in [0.29, 0.717) is 5.02 Å².